The average molecular weight is 293 g/mol. The molecule has 0 aliphatic rings. The molecule has 0 radical (unpaired) electrons. The number of aromatic nitrogens is 3. The number of nitrogens with zero attached hydrogens (tertiary/aromatic N) is 3. The van der Waals surface area contributed by atoms with Gasteiger partial charge in [0.25, 0.3) is 0 Å². The summed E-state index contributed by atoms with van der Waals surface area (Å²) < 4.78 is 1.86. The smallest absolute Gasteiger partial charge is 0.103 e. The first-order valence-electron chi connectivity index (χ1n) is 6.97. The summed E-state index contributed by atoms with van der Waals surface area (Å²) in [6.07, 6.45) is 1.10. The van der Waals surface area contributed by atoms with E-state index in [0.29, 0.717) is 0 Å². The van der Waals surface area contributed by atoms with E-state index >= 15 is 0 Å². The molecule has 2 rings (SSSR count). The van der Waals surface area contributed by atoms with Crippen molar-refractivity contribution >= 4 is 11.6 Å². The molecule has 1 heterocycles. The van der Waals surface area contributed by atoms with Crippen LogP contribution in [0.5, 0.6) is 0 Å². The lowest BCUT2D eigenvalue weighted by atomic mass is 10.1. The monoisotopic (exact) mass is 292 g/mol. The van der Waals surface area contributed by atoms with Crippen molar-refractivity contribution in [1.82, 2.24) is 20.3 Å². The molecule has 20 heavy (non-hydrogen) atoms. The third kappa shape index (κ3) is 2.86. The largest absolute Gasteiger partial charge is 0.309 e. The highest BCUT2D eigenvalue weighted by Crippen LogP contribution is 2.24. The molecule has 0 bridgehead atoms. The van der Waals surface area contributed by atoms with Crippen LogP contribution in [0, 0.1) is 13.8 Å². The van der Waals surface area contributed by atoms with Crippen molar-refractivity contribution in [1.29, 1.82) is 0 Å². The summed E-state index contributed by atoms with van der Waals surface area (Å²) in [5, 5.41) is 12.8. The zero-order chi connectivity index (χ0) is 14.7. The van der Waals surface area contributed by atoms with Gasteiger partial charge < -0.3 is 5.32 Å². The van der Waals surface area contributed by atoms with Crippen LogP contribution in [0.4, 0.5) is 0 Å². The van der Waals surface area contributed by atoms with Gasteiger partial charge in [0, 0.05) is 5.02 Å². The number of halogens is 1. The van der Waals surface area contributed by atoms with Crippen molar-refractivity contribution in [2.75, 3.05) is 6.54 Å². The van der Waals surface area contributed by atoms with Gasteiger partial charge in [-0.05, 0) is 51.4 Å². The Labute approximate surface area is 125 Å². The summed E-state index contributed by atoms with van der Waals surface area (Å²) in [6, 6.07) is 6.03. The number of hydrogen-bond acceptors (Lipinski definition) is 3. The van der Waals surface area contributed by atoms with E-state index in [0.717, 1.165) is 40.6 Å². The SMILES string of the molecule is CCCNC(C)c1nnn(-c2cccc(Cl)c2C)c1C. The van der Waals surface area contributed by atoms with Crippen molar-refractivity contribution in [2.45, 2.75) is 40.2 Å². The van der Waals surface area contributed by atoms with E-state index in [4.69, 9.17) is 11.6 Å². The predicted molar refractivity (Wildman–Crippen MR) is 82.6 cm³/mol. The minimum Gasteiger partial charge on any atom is -0.309 e. The van der Waals surface area contributed by atoms with Crippen LogP contribution in [0.25, 0.3) is 5.69 Å². The van der Waals surface area contributed by atoms with Crippen molar-refractivity contribution < 1.29 is 0 Å². The Kier molecular flexibility index (Phi) is 4.78. The molecule has 0 saturated heterocycles. The van der Waals surface area contributed by atoms with Crippen LogP contribution in [-0.4, -0.2) is 21.5 Å². The number of nitrogens with one attached hydrogen (secondary N) is 1. The Morgan fingerprint density at radius 3 is 2.80 bits per heavy atom. The minimum atomic E-state index is 0.197. The summed E-state index contributed by atoms with van der Waals surface area (Å²) in [6.45, 7) is 9.28. The van der Waals surface area contributed by atoms with E-state index in [1.165, 1.54) is 0 Å². The van der Waals surface area contributed by atoms with E-state index in [1.807, 2.05) is 36.7 Å². The maximum atomic E-state index is 6.18. The number of rotatable bonds is 5. The van der Waals surface area contributed by atoms with Gasteiger partial charge in [-0.15, -0.1) is 5.10 Å². The highest BCUT2D eigenvalue weighted by atomic mass is 35.5. The van der Waals surface area contributed by atoms with Crippen LogP contribution >= 0.6 is 11.6 Å². The van der Waals surface area contributed by atoms with Gasteiger partial charge >= 0.3 is 0 Å². The summed E-state index contributed by atoms with van der Waals surface area (Å²) in [7, 11) is 0. The number of benzene rings is 1. The van der Waals surface area contributed by atoms with Gasteiger partial charge in [0.2, 0.25) is 0 Å². The summed E-state index contributed by atoms with van der Waals surface area (Å²) in [4.78, 5) is 0. The van der Waals surface area contributed by atoms with Gasteiger partial charge in [0.15, 0.2) is 0 Å². The Morgan fingerprint density at radius 1 is 1.35 bits per heavy atom. The molecule has 108 valence electrons. The predicted octanol–water partition coefficient (Wildman–Crippen LogP) is 3.60. The molecule has 5 heteroatoms. The van der Waals surface area contributed by atoms with E-state index in [9.17, 15) is 0 Å². The molecular weight excluding hydrogens is 272 g/mol. The van der Waals surface area contributed by atoms with Crippen molar-refractivity contribution in [2.24, 2.45) is 0 Å². The zero-order valence-corrected chi connectivity index (χ0v) is 13.2. The molecular formula is C15H21ClN4. The van der Waals surface area contributed by atoms with E-state index in [1.54, 1.807) is 0 Å². The average Bonchev–Trinajstić information content (AvgIpc) is 2.81. The molecule has 0 fully saturated rings. The molecule has 2 aromatic rings. The summed E-state index contributed by atoms with van der Waals surface area (Å²) >= 11 is 6.18. The van der Waals surface area contributed by atoms with Gasteiger partial charge in [-0.1, -0.05) is 29.8 Å². The molecule has 4 nitrogen and oxygen atoms in total. The summed E-state index contributed by atoms with van der Waals surface area (Å²) in [5.41, 5.74) is 4.03. The molecule has 1 N–H and O–H groups in total. The molecule has 1 aromatic carbocycles. The first-order valence-corrected chi connectivity index (χ1v) is 7.35. The zero-order valence-electron chi connectivity index (χ0n) is 12.4. The molecule has 0 aliphatic heterocycles. The molecule has 1 atom stereocenters. The standard InChI is InChI=1S/C15H21ClN4/c1-5-9-17-11(3)15-12(4)20(19-18-15)14-8-6-7-13(16)10(14)2/h6-8,11,17H,5,9H2,1-4H3. The topological polar surface area (TPSA) is 42.7 Å². The van der Waals surface area contributed by atoms with Gasteiger partial charge in [-0.3, -0.25) is 0 Å². The lowest BCUT2D eigenvalue weighted by Crippen LogP contribution is -2.20. The maximum Gasteiger partial charge on any atom is 0.103 e. The molecule has 0 aliphatic carbocycles. The first-order chi connectivity index (χ1) is 9.56. The Bertz CT molecular complexity index is 592. The fourth-order valence-corrected chi connectivity index (χ4v) is 2.42. The van der Waals surface area contributed by atoms with Gasteiger partial charge in [-0.25, -0.2) is 4.68 Å². The van der Waals surface area contributed by atoms with Crippen molar-refractivity contribution in [3.63, 3.8) is 0 Å². The van der Waals surface area contributed by atoms with Crippen LogP contribution in [0.1, 0.15) is 43.3 Å². The van der Waals surface area contributed by atoms with Crippen molar-refractivity contribution in [3.05, 3.63) is 40.2 Å². The third-order valence-electron chi connectivity index (χ3n) is 3.51. The second-order valence-corrected chi connectivity index (χ2v) is 5.44. The van der Waals surface area contributed by atoms with Crippen LogP contribution in [0.15, 0.2) is 18.2 Å². The third-order valence-corrected chi connectivity index (χ3v) is 3.92. The lowest BCUT2D eigenvalue weighted by molar-refractivity contribution is 0.555. The van der Waals surface area contributed by atoms with E-state index in [-0.39, 0.29) is 6.04 Å². The Morgan fingerprint density at radius 2 is 2.10 bits per heavy atom. The molecule has 1 aromatic heterocycles. The second kappa shape index (κ2) is 6.37. The quantitative estimate of drug-likeness (QED) is 0.915. The highest BCUT2D eigenvalue weighted by Gasteiger charge is 2.17. The van der Waals surface area contributed by atoms with Crippen LogP contribution in [-0.2, 0) is 0 Å². The Balaban J connectivity index is 2.35. The van der Waals surface area contributed by atoms with Crippen LogP contribution in [0.2, 0.25) is 5.02 Å². The number of hydrogen-bond donors (Lipinski definition) is 1. The normalized spacial score (nSPS) is 12.7. The maximum absolute atomic E-state index is 6.18. The fraction of sp³-hybridized carbons (Fsp3) is 0.467. The molecule has 1 unspecified atom stereocenters. The van der Waals surface area contributed by atoms with Gasteiger partial charge in [-0.2, -0.15) is 0 Å². The molecule has 0 spiro atoms. The van der Waals surface area contributed by atoms with Crippen molar-refractivity contribution in [3.8, 4) is 5.69 Å². The van der Waals surface area contributed by atoms with Crippen LogP contribution < -0.4 is 5.32 Å². The second-order valence-electron chi connectivity index (χ2n) is 5.03. The first kappa shape index (κ1) is 15.0. The minimum absolute atomic E-state index is 0.197. The Hall–Kier alpha value is -1.39. The molecule has 0 amide bonds. The van der Waals surface area contributed by atoms with E-state index < -0.39 is 0 Å². The molecule has 0 saturated carbocycles. The summed E-state index contributed by atoms with van der Waals surface area (Å²) in [5.74, 6) is 0. The van der Waals surface area contributed by atoms with Gasteiger partial charge in [0.1, 0.15) is 5.69 Å². The van der Waals surface area contributed by atoms with E-state index in [2.05, 4.69) is 29.5 Å². The highest BCUT2D eigenvalue weighted by molar-refractivity contribution is 6.31. The van der Waals surface area contributed by atoms with Crippen LogP contribution in [0.3, 0.4) is 0 Å². The fourth-order valence-electron chi connectivity index (χ4n) is 2.25. The van der Waals surface area contributed by atoms with Gasteiger partial charge in [0.05, 0.1) is 17.4 Å². The lowest BCUT2D eigenvalue weighted by Gasteiger charge is -2.12.